The summed E-state index contributed by atoms with van der Waals surface area (Å²) in [6.07, 6.45) is -6.99. The summed E-state index contributed by atoms with van der Waals surface area (Å²) in [5.74, 6) is -2.04. The zero-order chi connectivity index (χ0) is 31.6. The van der Waals surface area contributed by atoms with Crippen LogP contribution in [0.15, 0.2) is 48.5 Å². The van der Waals surface area contributed by atoms with Crippen molar-refractivity contribution in [2.45, 2.75) is 50.2 Å². The van der Waals surface area contributed by atoms with Gasteiger partial charge in [0.25, 0.3) is 17.4 Å². The second-order valence-corrected chi connectivity index (χ2v) is 11.4. The van der Waals surface area contributed by atoms with E-state index in [1.165, 1.54) is 4.90 Å². The molecule has 1 atom stereocenters. The van der Waals surface area contributed by atoms with Crippen LogP contribution in [-0.2, 0) is 10.4 Å². The first-order valence-electron chi connectivity index (χ1n) is 14.1. The number of rotatable bonds is 7. The third-order valence-electron chi connectivity index (χ3n) is 8.27. The molecule has 0 aromatic heterocycles. The van der Waals surface area contributed by atoms with Crippen LogP contribution in [0.4, 0.5) is 32.0 Å². The van der Waals surface area contributed by atoms with Gasteiger partial charge in [-0.3, -0.25) is 9.59 Å². The highest BCUT2D eigenvalue weighted by Crippen LogP contribution is 2.43. The fourth-order valence-electron chi connectivity index (χ4n) is 5.90. The molecule has 2 saturated heterocycles. The highest BCUT2D eigenvalue weighted by molar-refractivity contribution is 5.94. The standard InChI is InChI=1S/C30H35F6N3O4/c1-37(2)26(40)22-6-8-24(9-7-22)38-14-10-20(11-15-38)18-21-12-16-39(17-13-21)27(41)28(42,29(31,32)33)23-4-3-5-25(19-23)43-30(34,35)36/h3-9,19-21,42H,10-18H2,1-2H3/t28-/m1/s1. The average molecular weight is 616 g/mol. The van der Waals surface area contributed by atoms with Gasteiger partial charge in [-0.25, -0.2) is 0 Å². The quantitative estimate of drug-likeness (QED) is 0.412. The van der Waals surface area contributed by atoms with Crippen LogP contribution in [0.1, 0.15) is 48.0 Å². The van der Waals surface area contributed by atoms with E-state index >= 15 is 0 Å². The van der Waals surface area contributed by atoms with Crippen LogP contribution < -0.4 is 9.64 Å². The molecule has 43 heavy (non-hydrogen) atoms. The molecule has 13 heteroatoms. The predicted octanol–water partition coefficient (Wildman–Crippen LogP) is 5.58. The highest BCUT2D eigenvalue weighted by Gasteiger charge is 2.62. The lowest BCUT2D eigenvalue weighted by Crippen LogP contribution is -2.57. The van der Waals surface area contributed by atoms with Crippen molar-refractivity contribution in [2.75, 3.05) is 45.2 Å². The molecule has 2 amide bonds. The number of likely N-dealkylation sites (tertiary alicyclic amines) is 1. The molecule has 2 aliphatic heterocycles. The molecular formula is C30H35F6N3O4. The molecule has 2 fully saturated rings. The van der Waals surface area contributed by atoms with Crippen LogP contribution in [-0.4, -0.2) is 79.5 Å². The molecule has 7 nitrogen and oxygen atoms in total. The molecule has 2 heterocycles. The van der Waals surface area contributed by atoms with Crippen LogP contribution in [0.5, 0.6) is 5.75 Å². The summed E-state index contributed by atoms with van der Waals surface area (Å²) >= 11 is 0. The Morgan fingerprint density at radius 1 is 0.884 bits per heavy atom. The molecular weight excluding hydrogens is 580 g/mol. The van der Waals surface area contributed by atoms with E-state index in [1.54, 1.807) is 14.1 Å². The third kappa shape index (κ3) is 7.54. The molecule has 4 rings (SSSR count). The van der Waals surface area contributed by atoms with Crippen molar-refractivity contribution >= 4 is 17.5 Å². The number of amides is 2. The molecule has 1 N–H and O–H groups in total. The van der Waals surface area contributed by atoms with Gasteiger partial charge in [0, 0.05) is 57.1 Å². The summed E-state index contributed by atoms with van der Waals surface area (Å²) in [6.45, 7) is 1.66. The summed E-state index contributed by atoms with van der Waals surface area (Å²) in [4.78, 5) is 29.9. The van der Waals surface area contributed by atoms with Gasteiger partial charge in [0.1, 0.15) is 5.75 Å². The zero-order valence-electron chi connectivity index (χ0n) is 23.9. The van der Waals surface area contributed by atoms with Crippen LogP contribution in [0.25, 0.3) is 0 Å². The number of aliphatic hydroxyl groups is 1. The number of carbonyl (C=O) groups is 2. The largest absolute Gasteiger partial charge is 0.573 e. The second-order valence-electron chi connectivity index (χ2n) is 11.4. The third-order valence-corrected chi connectivity index (χ3v) is 8.27. The molecule has 2 aliphatic rings. The Bertz CT molecular complexity index is 1270. The number of hydrogen-bond donors (Lipinski definition) is 1. The minimum atomic E-state index is -5.48. The normalized spacial score (nSPS) is 18.7. The van der Waals surface area contributed by atoms with Gasteiger partial charge in [0.2, 0.25) is 0 Å². The molecule has 0 bridgehead atoms. The predicted molar refractivity (Wildman–Crippen MR) is 146 cm³/mol. The Labute approximate surface area is 246 Å². The van der Waals surface area contributed by atoms with E-state index < -0.39 is 35.4 Å². The molecule has 236 valence electrons. The lowest BCUT2D eigenvalue weighted by Gasteiger charge is -2.40. The summed E-state index contributed by atoms with van der Waals surface area (Å²) in [6, 6.07) is 10.3. The summed E-state index contributed by atoms with van der Waals surface area (Å²) in [5, 5.41) is 10.7. The average Bonchev–Trinajstić information content (AvgIpc) is 2.95. The van der Waals surface area contributed by atoms with E-state index in [4.69, 9.17) is 0 Å². The highest BCUT2D eigenvalue weighted by atomic mass is 19.4. The topological polar surface area (TPSA) is 73.3 Å². The lowest BCUT2D eigenvalue weighted by molar-refractivity contribution is -0.274. The van der Waals surface area contributed by atoms with Crippen molar-refractivity contribution in [3.63, 3.8) is 0 Å². The van der Waals surface area contributed by atoms with Crippen molar-refractivity contribution in [1.82, 2.24) is 9.80 Å². The second kappa shape index (κ2) is 12.6. The molecule has 0 spiro atoms. The van der Waals surface area contributed by atoms with Crippen molar-refractivity contribution < 1.29 is 45.8 Å². The van der Waals surface area contributed by atoms with Gasteiger partial charge >= 0.3 is 12.5 Å². The number of anilines is 1. The van der Waals surface area contributed by atoms with Gasteiger partial charge in [0.15, 0.2) is 0 Å². The Balaban J connectivity index is 1.32. The van der Waals surface area contributed by atoms with Gasteiger partial charge < -0.3 is 24.5 Å². The van der Waals surface area contributed by atoms with Gasteiger partial charge in [0.05, 0.1) is 0 Å². The zero-order valence-corrected chi connectivity index (χ0v) is 23.9. The van der Waals surface area contributed by atoms with E-state index in [2.05, 4.69) is 9.64 Å². The maximum absolute atomic E-state index is 14.1. The minimum absolute atomic E-state index is 0.00249. The lowest BCUT2D eigenvalue weighted by atomic mass is 9.82. The molecule has 0 saturated carbocycles. The van der Waals surface area contributed by atoms with E-state index in [-0.39, 0.29) is 24.9 Å². The summed E-state index contributed by atoms with van der Waals surface area (Å²) < 4.78 is 83.9. The van der Waals surface area contributed by atoms with E-state index in [9.17, 15) is 41.0 Å². The van der Waals surface area contributed by atoms with Gasteiger partial charge in [-0.05, 0) is 80.3 Å². The molecule has 0 aliphatic carbocycles. The van der Waals surface area contributed by atoms with Crippen LogP contribution in [0, 0.1) is 11.8 Å². The first-order chi connectivity index (χ1) is 20.1. The Morgan fingerprint density at radius 2 is 1.44 bits per heavy atom. The number of piperidine rings is 2. The number of benzene rings is 2. The molecule has 0 unspecified atom stereocenters. The number of hydrogen-bond acceptors (Lipinski definition) is 5. The van der Waals surface area contributed by atoms with E-state index in [0.717, 1.165) is 61.1 Å². The number of alkyl halides is 6. The monoisotopic (exact) mass is 615 g/mol. The van der Waals surface area contributed by atoms with Crippen LogP contribution in [0.2, 0.25) is 0 Å². The number of ether oxygens (including phenoxy) is 1. The van der Waals surface area contributed by atoms with Crippen molar-refractivity contribution in [2.24, 2.45) is 11.8 Å². The fourth-order valence-corrected chi connectivity index (χ4v) is 5.90. The Hall–Kier alpha value is -3.48. The van der Waals surface area contributed by atoms with Gasteiger partial charge in [-0.1, -0.05) is 12.1 Å². The van der Waals surface area contributed by atoms with E-state index in [1.807, 2.05) is 24.3 Å². The molecule has 0 radical (unpaired) electrons. The number of carbonyl (C=O) groups excluding carboxylic acids is 2. The first-order valence-corrected chi connectivity index (χ1v) is 14.1. The van der Waals surface area contributed by atoms with Crippen LogP contribution in [0.3, 0.4) is 0 Å². The first kappa shape index (κ1) is 32.4. The van der Waals surface area contributed by atoms with Crippen LogP contribution >= 0.6 is 0 Å². The van der Waals surface area contributed by atoms with Crippen molar-refractivity contribution in [1.29, 1.82) is 0 Å². The Morgan fingerprint density at radius 3 is 1.95 bits per heavy atom. The van der Waals surface area contributed by atoms with E-state index in [0.29, 0.717) is 30.4 Å². The van der Waals surface area contributed by atoms with Crippen molar-refractivity contribution in [3.05, 3.63) is 59.7 Å². The maximum Gasteiger partial charge on any atom is 0.573 e. The van der Waals surface area contributed by atoms with Crippen molar-refractivity contribution in [3.8, 4) is 5.75 Å². The summed E-state index contributed by atoms with van der Waals surface area (Å²) in [5.41, 5.74) is -3.41. The fraction of sp³-hybridized carbons (Fsp3) is 0.533. The molecule has 2 aromatic rings. The summed E-state index contributed by atoms with van der Waals surface area (Å²) in [7, 11) is 3.40. The minimum Gasteiger partial charge on any atom is -0.406 e. The Kier molecular flexibility index (Phi) is 9.53. The number of nitrogens with zero attached hydrogens (tertiary/aromatic N) is 3. The smallest absolute Gasteiger partial charge is 0.406 e. The maximum atomic E-state index is 14.1. The van der Waals surface area contributed by atoms with Gasteiger partial charge in [-0.15, -0.1) is 13.2 Å². The van der Waals surface area contributed by atoms with Gasteiger partial charge in [-0.2, -0.15) is 13.2 Å². The molecule has 2 aromatic carbocycles. The number of halogens is 6. The SMILES string of the molecule is CN(C)C(=O)c1ccc(N2CCC(CC3CCN(C(=O)[C@](O)(c4cccc(OC(F)(F)F)c4)C(F)(F)F)CC3)CC2)cc1.